The second kappa shape index (κ2) is 11.7. The number of para-hydroxylation sites is 1. The fourth-order valence-electron chi connectivity index (χ4n) is 7.63. The molecule has 3 amide bonds. The molecule has 0 radical (unpaired) electrons. The van der Waals surface area contributed by atoms with Gasteiger partial charge >= 0.3 is 0 Å². The zero-order valence-electron chi connectivity index (χ0n) is 25.0. The van der Waals surface area contributed by atoms with Crippen molar-refractivity contribution in [1.82, 2.24) is 9.80 Å². The van der Waals surface area contributed by atoms with Crippen LogP contribution in [0, 0.1) is 11.8 Å². The first kappa shape index (κ1) is 29.3. The summed E-state index contributed by atoms with van der Waals surface area (Å²) in [6.45, 7) is 4.99. The Morgan fingerprint density at radius 2 is 1.58 bits per heavy atom. The van der Waals surface area contributed by atoms with Crippen LogP contribution in [-0.4, -0.2) is 82.2 Å². The number of anilines is 1. The van der Waals surface area contributed by atoms with Crippen molar-refractivity contribution < 1.29 is 24.2 Å². The molecule has 1 spiro atoms. The van der Waals surface area contributed by atoms with E-state index >= 15 is 0 Å². The molecule has 2 aromatic rings. The predicted octanol–water partition coefficient (Wildman–Crippen LogP) is 3.75. The van der Waals surface area contributed by atoms with Crippen molar-refractivity contribution in [1.29, 1.82) is 0 Å². The maximum Gasteiger partial charge on any atom is 0.249 e. The molecule has 8 heteroatoms. The minimum Gasteiger partial charge on any atom is -0.394 e. The topological polar surface area (TPSA) is 90.4 Å². The van der Waals surface area contributed by atoms with Gasteiger partial charge in [-0.1, -0.05) is 92.6 Å². The summed E-state index contributed by atoms with van der Waals surface area (Å²) in [7, 11) is 0. The molecule has 4 heterocycles. The Hall–Kier alpha value is -3.75. The highest BCUT2D eigenvalue weighted by Crippen LogP contribution is 2.58. The molecule has 6 atom stereocenters. The van der Waals surface area contributed by atoms with Crippen molar-refractivity contribution in [3.8, 4) is 0 Å². The first-order valence-corrected chi connectivity index (χ1v) is 15.5. The van der Waals surface area contributed by atoms with Gasteiger partial charge < -0.3 is 24.5 Å². The van der Waals surface area contributed by atoms with Gasteiger partial charge in [-0.3, -0.25) is 14.4 Å². The molecule has 1 N–H and O–H groups in total. The highest BCUT2D eigenvalue weighted by atomic mass is 16.5. The molecular formula is C35H41N3O5. The lowest BCUT2D eigenvalue weighted by Crippen LogP contribution is -2.59. The number of hydrogen-bond donors (Lipinski definition) is 1. The first-order chi connectivity index (χ1) is 20.8. The molecule has 226 valence electrons. The van der Waals surface area contributed by atoms with E-state index in [1.807, 2.05) is 91.9 Å². The summed E-state index contributed by atoms with van der Waals surface area (Å²) in [4.78, 5) is 48.9. The number of carbonyl (C=O) groups excluding carboxylic acids is 3. The number of benzene rings is 2. The number of rotatable bonds is 9. The summed E-state index contributed by atoms with van der Waals surface area (Å²) in [5.74, 6) is -2.50. The lowest BCUT2D eigenvalue weighted by molar-refractivity contribution is -0.154. The van der Waals surface area contributed by atoms with Gasteiger partial charge in [-0.2, -0.15) is 0 Å². The number of likely N-dealkylation sites (tertiary alicyclic amines) is 1. The summed E-state index contributed by atoms with van der Waals surface area (Å²) in [6, 6.07) is 17.5. The van der Waals surface area contributed by atoms with Crippen LogP contribution in [0.5, 0.6) is 0 Å². The molecule has 43 heavy (non-hydrogen) atoms. The third-order valence-electron chi connectivity index (χ3n) is 9.60. The van der Waals surface area contributed by atoms with Gasteiger partial charge in [-0.15, -0.1) is 0 Å². The van der Waals surface area contributed by atoms with E-state index < -0.39 is 35.1 Å². The third kappa shape index (κ3) is 4.90. The first-order valence-electron chi connectivity index (χ1n) is 15.5. The summed E-state index contributed by atoms with van der Waals surface area (Å²) >= 11 is 0. The van der Waals surface area contributed by atoms with Gasteiger partial charge in [-0.25, -0.2) is 0 Å². The lowest BCUT2D eigenvalue weighted by Gasteiger charge is -2.40. The maximum atomic E-state index is 14.8. The molecule has 0 aromatic heterocycles. The fraction of sp³-hybridized carbons (Fsp3) is 0.457. The van der Waals surface area contributed by atoms with Gasteiger partial charge in [0.1, 0.15) is 11.6 Å². The number of unbranched alkanes of at least 4 members (excludes halogenated alkanes) is 2. The highest BCUT2D eigenvalue weighted by Gasteiger charge is 2.75. The average molecular weight is 584 g/mol. The average Bonchev–Trinajstić information content (AvgIpc) is 3.29. The van der Waals surface area contributed by atoms with Crippen molar-refractivity contribution in [2.45, 2.75) is 62.8 Å². The predicted molar refractivity (Wildman–Crippen MR) is 164 cm³/mol. The number of hydrogen-bond acceptors (Lipinski definition) is 5. The van der Waals surface area contributed by atoms with Crippen LogP contribution in [0.2, 0.25) is 0 Å². The Kier molecular flexibility index (Phi) is 8.00. The van der Waals surface area contributed by atoms with Crippen LogP contribution < -0.4 is 4.90 Å². The number of amides is 3. The quantitative estimate of drug-likeness (QED) is 0.359. The van der Waals surface area contributed by atoms with Crippen LogP contribution in [-0.2, 0) is 25.5 Å². The number of ether oxygens (including phenoxy) is 1. The number of nitrogens with zero attached hydrogens (tertiary/aromatic N) is 3. The summed E-state index contributed by atoms with van der Waals surface area (Å²) in [5.41, 5.74) is -0.752. The number of fused-ring (bicyclic) bond motifs is 2. The Bertz CT molecular complexity index is 1410. The van der Waals surface area contributed by atoms with Crippen LogP contribution in [0.15, 0.2) is 85.0 Å². The summed E-state index contributed by atoms with van der Waals surface area (Å²) < 4.78 is 6.96. The third-order valence-corrected chi connectivity index (χ3v) is 9.60. The highest BCUT2D eigenvalue weighted by molar-refractivity contribution is 6.04. The molecule has 0 aliphatic carbocycles. The molecule has 6 rings (SSSR count). The van der Waals surface area contributed by atoms with Gasteiger partial charge in [0.15, 0.2) is 0 Å². The minimum atomic E-state index is -1.35. The molecule has 0 saturated carbocycles. The molecule has 1 unspecified atom stereocenters. The maximum absolute atomic E-state index is 14.8. The van der Waals surface area contributed by atoms with Crippen LogP contribution in [0.25, 0.3) is 0 Å². The smallest absolute Gasteiger partial charge is 0.249 e. The standard InChI is InChI=1S/C35H41N3O5/c1-3-4-11-20-36-21-13-19-35-29(28-31(40)37(26-16-9-6-10-17-26)22-12-18-34(28,2)43-35)32(41)38(30(35)33(36)42)27(24-39)23-25-14-7-5-8-15-25/h5-10,12-19,27-30,39H,3-4,11,20-24H2,1-2H3/t27-,28-,29+,30?,34+,35+/m1/s1. The van der Waals surface area contributed by atoms with E-state index in [-0.39, 0.29) is 24.3 Å². The molecule has 2 saturated heterocycles. The lowest BCUT2D eigenvalue weighted by atomic mass is 9.74. The molecular weight excluding hydrogens is 542 g/mol. The van der Waals surface area contributed by atoms with Crippen LogP contribution in [0.1, 0.15) is 38.7 Å². The zero-order chi connectivity index (χ0) is 30.2. The van der Waals surface area contributed by atoms with Crippen LogP contribution in [0.3, 0.4) is 0 Å². The van der Waals surface area contributed by atoms with Crippen LogP contribution >= 0.6 is 0 Å². The monoisotopic (exact) mass is 583 g/mol. The second-order valence-corrected chi connectivity index (χ2v) is 12.3. The number of aliphatic hydroxyl groups is 1. The van der Waals surface area contributed by atoms with Gasteiger partial charge in [0.2, 0.25) is 17.7 Å². The summed E-state index contributed by atoms with van der Waals surface area (Å²) in [5, 5.41) is 10.7. The molecule has 8 nitrogen and oxygen atoms in total. The zero-order valence-corrected chi connectivity index (χ0v) is 25.0. The molecule has 2 aromatic carbocycles. The second-order valence-electron chi connectivity index (χ2n) is 12.3. The molecule has 4 aliphatic rings. The van der Waals surface area contributed by atoms with E-state index in [9.17, 15) is 19.5 Å². The van der Waals surface area contributed by atoms with Crippen molar-refractivity contribution in [2.24, 2.45) is 11.8 Å². The summed E-state index contributed by atoms with van der Waals surface area (Å²) in [6.07, 6.45) is 10.9. The Morgan fingerprint density at radius 1 is 0.884 bits per heavy atom. The SMILES string of the molecule is CCCCCN1CC=C[C@]23O[C@@]4(C)C=CCN(c5ccccc5)C(=O)[C@H]4[C@H]2C(=O)N([C@@H](CO)Cc2ccccc2)C3C1=O. The van der Waals surface area contributed by atoms with Gasteiger partial charge in [0.05, 0.1) is 30.1 Å². The van der Waals surface area contributed by atoms with Crippen LogP contribution in [0.4, 0.5) is 5.69 Å². The molecule has 2 fully saturated rings. The van der Waals surface area contributed by atoms with Crippen molar-refractivity contribution in [2.75, 3.05) is 31.1 Å². The molecule has 4 aliphatic heterocycles. The van der Waals surface area contributed by atoms with E-state index in [1.54, 1.807) is 14.7 Å². The Labute approximate surface area is 253 Å². The van der Waals surface area contributed by atoms with E-state index in [0.29, 0.717) is 26.1 Å². The van der Waals surface area contributed by atoms with E-state index in [4.69, 9.17) is 4.74 Å². The fourth-order valence-corrected chi connectivity index (χ4v) is 7.63. The molecule has 0 bridgehead atoms. The van der Waals surface area contributed by atoms with Gasteiger partial charge in [0, 0.05) is 25.3 Å². The Morgan fingerprint density at radius 3 is 2.28 bits per heavy atom. The van der Waals surface area contributed by atoms with Crippen molar-refractivity contribution in [3.05, 3.63) is 90.5 Å². The largest absolute Gasteiger partial charge is 0.394 e. The van der Waals surface area contributed by atoms with Gasteiger partial charge in [-0.05, 0) is 37.5 Å². The normalized spacial score (nSPS) is 30.6. The van der Waals surface area contributed by atoms with Crippen molar-refractivity contribution >= 4 is 23.4 Å². The Balaban J connectivity index is 1.45. The number of aliphatic hydroxyl groups excluding tert-OH is 1. The number of carbonyl (C=O) groups is 3. The van der Waals surface area contributed by atoms with E-state index in [1.165, 1.54) is 0 Å². The van der Waals surface area contributed by atoms with E-state index in [2.05, 4.69) is 6.92 Å². The van der Waals surface area contributed by atoms with Gasteiger partial charge in [0.25, 0.3) is 0 Å². The van der Waals surface area contributed by atoms with E-state index in [0.717, 1.165) is 30.5 Å². The minimum absolute atomic E-state index is 0.195. The van der Waals surface area contributed by atoms with Crippen molar-refractivity contribution in [3.63, 3.8) is 0 Å².